The number of rotatable bonds is 5. The Bertz CT molecular complexity index is 946. The van der Waals surface area contributed by atoms with Crippen LogP contribution in [0.15, 0.2) is 17.1 Å². The highest BCUT2D eigenvalue weighted by Crippen LogP contribution is 2.33. The molecule has 7 nitrogen and oxygen atoms in total. The van der Waals surface area contributed by atoms with Gasteiger partial charge in [0.25, 0.3) is 11.5 Å². The van der Waals surface area contributed by atoms with Crippen molar-refractivity contribution < 1.29 is 9.53 Å². The molecule has 0 radical (unpaired) electrons. The quantitative estimate of drug-likeness (QED) is 0.807. The minimum atomic E-state index is -0.295. The van der Waals surface area contributed by atoms with Gasteiger partial charge in [0, 0.05) is 37.3 Å². The first-order valence-corrected chi connectivity index (χ1v) is 11.1. The van der Waals surface area contributed by atoms with Crippen molar-refractivity contribution in [3.63, 3.8) is 0 Å². The Balaban J connectivity index is 1.50. The van der Waals surface area contributed by atoms with Crippen LogP contribution in [0.5, 0.6) is 0 Å². The Morgan fingerprint density at radius 1 is 1.31 bits per heavy atom. The molecule has 1 aliphatic carbocycles. The van der Waals surface area contributed by atoms with E-state index in [9.17, 15) is 9.59 Å². The third kappa shape index (κ3) is 4.44. The van der Waals surface area contributed by atoms with E-state index < -0.39 is 0 Å². The second-order valence-corrected chi connectivity index (χ2v) is 9.07. The predicted octanol–water partition coefficient (Wildman–Crippen LogP) is 2.06. The normalized spacial score (nSPS) is 19.7. The van der Waals surface area contributed by atoms with Gasteiger partial charge in [-0.3, -0.25) is 14.5 Å². The van der Waals surface area contributed by atoms with Crippen LogP contribution in [0.4, 0.5) is 0 Å². The van der Waals surface area contributed by atoms with Gasteiger partial charge < -0.3 is 14.6 Å². The first kappa shape index (κ1) is 20.3. The number of nitrogens with one attached hydrogen (secondary N) is 1. The average molecular weight is 417 g/mol. The second-order valence-electron chi connectivity index (χ2n) is 7.79. The molecule has 156 valence electrons. The Kier molecular flexibility index (Phi) is 6.12. The molecule has 0 bridgehead atoms. The smallest absolute Gasteiger partial charge is 0.263 e. The lowest BCUT2D eigenvalue weighted by atomic mass is 9.97. The SMILES string of the molecule is Cc1nc2c(s1)CCCC2NC(=O)c1c(C)ccn(CCN2CCOCC2)c1=O. The van der Waals surface area contributed by atoms with Crippen molar-refractivity contribution in [2.75, 3.05) is 32.8 Å². The van der Waals surface area contributed by atoms with E-state index in [2.05, 4.69) is 15.2 Å². The van der Waals surface area contributed by atoms with Gasteiger partial charge >= 0.3 is 0 Å². The highest BCUT2D eigenvalue weighted by Gasteiger charge is 2.27. The number of ether oxygens (including phenoxy) is 1. The van der Waals surface area contributed by atoms with Gasteiger partial charge in [0.05, 0.1) is 30.0 Å². The fraction of sp³-hybridized carbons (Fsp3) is 0.571. The van der Waals surface area contributed by atoms with Gasteiger partial charge in [-0.1, -0.05) is 0 Å². The van der Waals surface area contributed by atoms with E-state index in [0.717, 1.165) is 62.8 Å². The maximum Gasteiger partial charge on any atom is 0.263 e. The molecule has 29 heavy (non-hydrogen) atoms. The fourth-order valence-electron chi connectivity index (χ4n) is 4.10. The van der Waals surface area contributed by atoms with Crippen LogP contribution in [0.25, 0.3) is 0 Å². The molecule has 2 aliphatic rings. The largest absolute Gasteiger partial charge is 0.379 e. The first-order chi connectivity index (χ1) is 14.0. The van der Waals surface area contributed by atoms with E-state index in [4.69, 9.17) is 4.74 Å². The molecule has 1 fully saturated rings. The van der Waals surface area contributed by atoms with Crippen molar-refractivity contribution in [2.24, 2.45) is 0 Å². The predicted molar refractivity (Wildman–Crippen MR) is 113 cm³/mol. The van der Waals surface area contributed by atoms with Gasteiger partial charge in [-0.15, -0.1) is 11.3 Å². The van der Waals surface area contributed by atoms with Crippen molar-refractivity contribution in [3.8, 4) is 0 Å². The molecule has 1 saturated heterocycles. The molecule has 1 aliphatic heterocycles. The van der Waals surface area contributed by atoms with E-state index in [1.165, 1.54) is 4.88 Å². The van der Waals surface area contributed by atoms with Crippen molar-refractivity contribution >= 4 is 17.2 Å². The number of hydrogen-bond donors (Lipinski definition) is 1. The molecule has 8 heteroatoms. The molecular weight excluding hydrogens is 388 g/mol. The van der Waals surface area contributed by atoms with E-state index in [-0.39, 0.29) is 23.1 Å². The Labute approximate surface area is 174 Å². The lowest BCUT2D eigenvalue weighted by Crippen LogP contribution is -2.41. The van der Waals surface area contributed by atoms with Crippen LogP contribution >= 0.6 is 11.3 Å². The lowest BCUT2D eigenvalue weighted by Gasteiger charge is -2.26. The highest BCUT2D eigenvalue weighted by molar-refractivity contribution is 7.11. The third-order valence-corrected chi connectivity index (χ3v) is 6.77. The van der Waals surface area contributed by atoms with Crippen molar-refractivity contribution in [3.05, 3.63) is 49.3 Å². The summed E-state index contributed by atoms with van der Waals surface area (Å²) in [6.07, 6.45) is 4.69. The van der Waals surface area contributed by atoms with Crippen molar-refractivity contribution in [1.82, 2.24) is 19.8 Å². The van der Waals surface area contributed by atoms with E-state index in [1.54, 1.807) is 22.1 Å². The molecule has 0 spiro atoms. The number of thiazole rings is 1. The molecule has 0 aromatic carbocycles. The summed E-state index contributed by atoms with van der Waals surface area (Å²) in [5, 5.41) is 4.11. The molecule has 1 atom stereocenters. The lowest BCUT2D eigenvalue weighted by molar-refractivity contribution is 0.0362. The highest BCUT2D eigenvalue weighted by atomic mass is 32.1. The third-order valence-electron chi connectivity index (χ3n) is 5.73. The number of hydrogen-bond acceptors (Lipinski definition) is 6. The summed E-state index contributed by atoms with van der Waals surface area (Å²) < 4.78 is 7.02. The number of amides is 1. The molecular formula is C21H28N4O3S. The zero-order chi connectivity index (χ0) is 20.4. The van der Waals surface area contributed by atoms with Gasteiger partial charge in [0.2, 0.25) is 0 Å². The van der Waals surface area contributed by atoms with Crippen LogP contribution < -0.4 is 10.9 Å². The second kappa shape index (κ2) is 8.77. The molecule has 1 amide bonds. The number of aromatic nitrogens is 2. The zero-order valence-electron chi connectivity index (χ0n) is 17.1. The van der Waals surface area contributed by atoms with Crippen LogP contribution in [0.3, 0.4) is 0 Å². The molecule has 0 saturated carbocycles. The molecule has 1 unspecified atom stereocenters. The summed E-state index contributed by atoms with van der Waals surface area (Å²) in [4.78, 5) is 34.3. The summed E-state index contributed by atoms with van der Waals surface area (Å²) in [5.41, 5.74) is 1.71. The molecule has 3 heterocycles. The maximum atomic E-state index is 13.1. The van der Waals surface area contributed by atoms with Gasteiger partial charge in [0.15, 0.2) is 0 Å². The minimum absolute atomic E-state index is 0.114. The first-order valence-electron chi connectivity index (χ1n) is 10.3. The monoisotopic (exact) mass is 416 g/mol. The standard InChI is InChI=1S/C21H28N4O3S/c1-14-6-7-25(9-8-24-10-12-28-13-11-24)21(27)18(14)20(26)23-16-4-3-5-17-19(16)22-15(2)29-17/h6-7,16H,3-5,8-13H2,1-2H3,(H,23,26). The van der Waals surface area contributed by atoms with Crippen molar-refractivity contribution in [2.45, 2.75) is 45.7 Å². The fourth-order valence-corrected chi connectivity index (χ4v) is 5.14. The Hall–Kier alpha value is -2.03. The summed E-state index contributed by atoms with van der Waals surface area (Å²) in [6.45, 7) is 8.38. The Morgan fingerprint density at radius 2 is 2.10 bits per heavy atom. The number of pyridine rings is 1. The maximum absolute atomic E-state index is 13.1. The van der Waals surface area contributed by atoms with E-state index in [0.29, 0.717) is 12.1 Å². The summed E-state index contributed by atoms with van der Waals surface area (Å²) in [6, 6.07) is 1.74. The van der Waals surface area contributed by atoms with Crippen LogP contribution in [0, 0.1) is 13.8 Å². The number of carbonyl (C=O) groups excluding carboxylic acids is 1. The summed E-state index contributed by atoms with van der Waals surface area (Å²) >= 11 is 1.70. The van der Waals surface area contributed by atoms with E-state index >= 15 is 0 Å². The zero-order valence-corrected chi connectivity index (χ0v) is 17.9. The van der Waals surface area contributed by atoms with E-state index in [1.807, 2.05) is 19.9 Å². The van der Waals surface area contributed by atoms with Crippen molar-refractivity contribution in [1.29, 1.82) is 0 Å². The number of aryl methyl sites for hydroxylation is 3. The van der Waals surface area contributed by atoms with Crippen LogP contribution in [0.2, 0.25) is 0 Å². The Morgan fingerprint density at radius 3 is 2.90 bits per heavy atom. The number of fused-ring (bicyclic) bond motifs is 1. The van der Waals surface area contributed by atoms with Gasteiger partial charge in [0.1, 0.15) is 5.56 Å². The number of morpholine rings is 1. The molecule has 4 rings (SSSR count). The molecule has 2 aromatic heterocycles. The molecule has 1 N–H and O–H groups in total. The van der Waals surface area contributed by atoms with Crippen LogP contribution in [-0.4, -0.2) is 53.2 Å². The van der Waals surface area contributed by atoms with Gasteiger partial charge in [-0.05, 0) is 44.7 Å². The van der Waals surface area contributed by atoms with Gasteiger partial charge in [-0.25, -0.2) is 4.98 Å². The average Bonchev–Trinajstić information content (AvgIpc) is 3.09. The summed E-state index contributed by atoms with van der Waals surface area (Å²) in [5.74, 6) is -0.295. The van der Waals surface area contributed by atoms with Crippen LogP contribution in [-0.2, 0) is 17.7 Å². The number of nitrogens with zero attached hydrogens (tertiary/aromatic N) is 3. The minimum Gasteiger partial charge on any atom is -0.379 e. The summed E-state index contributed by atoms with van der Waals surface area (Å²) in [7, 11) is 0. The van der Waals surface area contributed by atoms with Crippen LogP contribution in [0.1, 0.15) is 50.4 Å². The molecule has 2 aromatic rings. The number of carbonyl (C=O) groups is 1. The topological polar surface area (TPSA) is 76.5 Å². The van der Waals surface area contributed by atoms with Gasteiger partial charge in [-0.2, -0.15) is 0 Å².